The molecule has 1 rings (SSSR count). The van der Waals surface area contributed by atoms with Gasteiger partial charge in [0.05, 0.1) is 6.54 Å². The number of pyridine rings is 1. The molecule has 0 saturated heterocycles. The molecule has 0 spiro atoms. The third-order valence-corrected chi connectivity index (χ3v) is 2.40. The Hall–Kier alpha value is -1.58. The van der Waals surface area contributed by atoms with Crippen molar-refractivity contribution >= 4 is 11.7 Å². The van der Waals surface area contributed by atoms with Gasteiger partial charge in [-0.3, -0.25) is 4.79 Å². The Morgan fingerprint density at radius 3 is 2.94 bits per heavy atom. The van der Waals surface area contributed by atoms with Crippen LogP contribution in [0.2, 0.25) is 0 Å². The molecule has 1 N–H and O–H groups in total. The summed E-state index contributed by atoms with van der Waals surface area (Å²) in [4.78, 5) is 17.3. The monoisotopic (exact) mass is 221 g/mol. The molecule has 0 fully saturated rings. The van der Waals surface area contributed by atoms with Gasteiger partial charge in [0.15, 0.2) is 0 Å². The first kappa shape index (κ1) is 12.5. The molecule has 4 heteroatoms. The number of rotatable bonds is 5. The van der Waals surface area contributed by atoms with Crippen molar-refractivity contribution in [2.45, 2.75) is 19.8 Å². The second kappa shape index (κ2) is 6.10. The normalized spacial score (nSPS) is 9.94. The molecule has 0 unspecified atom stereocenters. The Morgan fingerprint density at radius 1 is 1.56 bits per heavy atom. The lowest BCUT2D eigenvalue weighted by atomic mass is 10.1. The fraction of sp³-hybridized carbons (Fsp3) is 0.500. The number of nitrogens with one attached hydrogen (secondary N) is 1. The van der Waals surface area contributed by atoms with E-state index in [2.05, 4.69) is 17.2 Å². The van der Waals surface area contributed by atoms with Crippen LogP contribution in [-0.4, -0.2) is 31.5 Å². The Kier molecular flexibility index (Phi) is 4.76. The average molecular weight is 221 g/mol. The van der Waals surface area contributed by atoms with Crippen LogP contribution in [0.1, 0.15) is 18.9 Å². The summed E-state index contributed by atoms with van der Waals surface area (Å²) < 4.78 is 0. The molecule has 1 aromatic heterocycles. The largest absolute Gasteiger partial charge is 0.358 e. The van der Waals surface area contributed by atoms with Crippen LogP contribution in [0.25, 0.3) is 0 Å². The first-order valence-corrected chi connectivity index (χ1v) is 5.54. The zero-order valence-electron chi connectivity index (χ0n) is 10.2. The van der Waals surface area contributed by atoms with Gasteiger partial charge in [-0.15, -0.1) is 0 Å². The van der Waals surface area contributed by atoms with Gasteiger partial charge in [0.25, 0.3) is 0 Å². The number of nitrogens with zero attached hydrogens (tertiary/aromatic N) is 2. The van der Waals surface area contributed by atoms with Crippen LogP contribution in [0.3, 0.4) is 0 Å². The predicted octanol–water partition coefficient (Wildman–Crippen LogP) is 1.22. The summed E-state index contributed by atoms with van der Waals surface area (Å²) in [5.74, 6) is 0.833. The van der Waals surface area contributed by atoms with Crippen LogP contribution >= 0.6 is 0 Å². The van der Waals surface area contributed by atoms with Crippen molar-refractivity contribution in [3.8, 4) is 0 Å². The average Bonchev–Trinajstić information content (AvgIpc) is 2.29. The van der Waals surface area contributed by atoms with Gasteiger partial charge in [-0.1, -0.05) is 13.3 Å². The van der Waals surface area contributed by atoms with E-state index in [-0.39, 0.29) is 5.91 Å². The molecule has 1 aromatic rings. The highest BCUT2D eigenvalue weighted by atomic mass is 16.1. The van der Waals surface area contributed by atoms with Crippen molar-refractivity contribution in [1.29, 1.82) is 0 Å². The second-order valence-corrected chi connectivity index (χ2v) is 3.80. The first-order chi connectivity index (χ1) is 7.67. The van der Waals surface area contributed by atoms with Gasteiger partial charge >= 0.3 is 0 Å². The Labute approximate surface area is 96.7 Å². The summed E-state index contributed by atoms with van der Waals surface area (Å²) in [6.07, 6.45) is 3.95. The standard InChI is InChI=1S/C12H19N3O/c1-4-5-10-6-7-14-11(8-10)15(3)9-12(16)13-2/h6-8H,4-5,9H2,1-3H3,(H,13,16). The van der Waals surface area contributed by atoms with Crippen molar-refractivity contribution in [1.82, 2.24) is 10.3 Å². The molecular weight excluding hydrogens is 202 g/mol. The molecule has 0 aliphatic carbocycles. The van der Waals surface area contributed by atoms with Crippen molar-refractivity contribution in [3.05, 3.63) is 23.9 Å². The van der Waals surface area contributed by atoms with Crippen LogP contribution < -0.4 is 10.2 Å². The van der Waals surface area contributed by atoms with E-state index < -0.39 is 0 Å². The molecule has 0 bridgehead atoms. The second-order valence-electron chi connectivity index (χ2n) is 3.80. The molecule has 88 valence electrons. The minimum atomic E-state index is -0.00908. The summed E-state index contributed by atoms with van der Waals surface area (Å²) in [6, 6.07) is 4.05. The van der Waals surface area contributed by atoms with Crippen molar-refractivity contribution < 1.29 is 4.79 Å². The number of aryl methyl sites for hydroxylation is 1. The first-order valence-electron chi connectivity index (χ1n) is 5.54. The lowest BCUT2D eigenvalue weighted by Crippen LogP contribution is -2.33. The van der Waals surface area contributed by atoms with E-state index in [1.165, 1.54) is 5.56 Å². The third-order valence-electron chi connectivity index (χ3n) is 2.40. The maximum atomic E-state index is 11.2. The number of carbonyl (C=O) groups excluding carboxylic acids is 1. The zero-order valence-corrected chi connectivity index (χ0v) is 10.2. The highest BCUT2D eigenvalue weighted by molar-refractivity contribution is 5.80. The van der Waals surface area contributed by atoms with Gasteiger partial charge in [0.2, 0.25) is 5.91 Å². The van der Waals surface area contributed by atoms with E-state index in [0.29, 0.717) is 6.54 Å². The van der Waals surface area contributed by atoms with Crippen molar-refractivity contribution in [3.63, 3.8) is 0 Å². The number of hydrogen-bond donors (Lipinski definition) is 1. The van der Waals surface area contributed by atoms with Gasteiger partial charge in [0.1, 0.15) is 5.82 Å². The third kappa shape index (κ3) is 3.53. The highest BCUT2D eigenvalue weighted by Gasteiger charge is 2.07. The van der Waals surface area contributed by atoms with Crippen molar-refractivity contribution in [2.75, 3.05) is 25.5 Å². The van der Waals surface area contributed by atoms with E-state index >= 15 is 0 Å². The van der Waals surface area contributed by atoms with E-state index in [4.69, 9.17) is 0 Å². The molecule has 0 aliphatic heterocycles. The van der Waals surface area contributed by atoms with E-state index in [1.807, 2.05) is 24.1 Å². The number of likely N-dealkylation sites (N-methyl/N-ethyl adjacent to an activating group) is 2. The number of aromatic nitrogens is 1. The minimum absolute atomic E-state index is 0.00908. The molecule has 0 saturated carbocycles. The molecule has 1 amide bonds. The van der Waals surface area contributed by atoms with Crippen LogP contribution in [-0.2, 0) is 11.2 Å². The Balaban J connectivity index is 2.71. The summed E-state index contributed by atoms with van der Waals surface area (Å²) in [5, 5.41) is 2.60. The lowest BCUT2D eigenvalue weighted by molar-refractivity contribution is -0.119. The zero-order chi connectivity index (χ0) is 12.0. The molecule has 0 radical (unpaired) electrons. The van der Waals surface area contributed by atoms with Crippen LogP contribution in [0.15, 0.2) is 18.3 Å². The number of carbonyl (C=O) groups is 1. The van der Waals surface area contributed by atoms with E-state index in [1.54, 1.807) is 13.2 Å². The predicted molar refractivity (Wildman–Crippen MR) is 65.6 cm³/mol. The maximum Gasteiger partial charge on any atom is 0.239 e. The van der Waals surface area contributed by atoms with Gasteiger partial charge in [-0.05, 0) is 24.1 Å². The molecule has 4 nitrogen and oxygen atoms in total. The fourth-order valence-corrected chi connectivity index (χ4v) is 1.49. The minimum Gasteiger partial charge on any atom is -0.358 e. The summed E-state index contributed by atoms with van der Waals surface area (Å²) >= 11 is 0. The summed E-state index contributed by atoms with van der Waals surface area (Å²) in [6.45, 7) is 2.48. The SMILES string of the molecule is CCCc1ccnc(N(C)CC(=O)NC)c1. The number of amides is 1. The molecule has 16 heavy (non-hydrogen) atoms. The summed E-state index contributed by atoms with van der Waals surface area (Å²) in [5.41, 5.74) is 1.26. The topological polar surface area (TPSA) is 45.2 Å². The number of hydrogen-bond acceptors (Lipinski definition) is 3. The highest BCUT2D eigenvalue weighted by Crippen LogP contribution is 2.12. The van der Waals surface area contributed by atoms with E-state index in [0.717, 1.165) is 18.7 Å². The van der Waals surface area contributed by atoms with Crippen molar-refractivity contribution in [2.24, 2.45) is 0 Å². The van der Waals surface area contributed by atoms with E-state index in [9.17, 15) is 4.79 Å². The van der Waals surface area contributed by atoms with Crippen LogP contribution in [0, 0.1) is 0 Å². The molecular formula is C12H19N3O. The van der Waals surface area contributed by atoms with Gasteiger partial charge < -0.3 is 10.2 Å². The van der Waals surface area contributed by atoms with Crippen LogP contribution in [0.4, 0.5) is 5.82 Å². The Bertz CT molecular complexity index is 352. The fourth-order valence-electron chi connectivity index (χ4n) is 1.49. The van der Waals surface area contributed by atoms with Gasteiger partial charge in [-0.2, -0.15) is 0 Å². The molecule has 0 atom stereocenters. The van der Waals surface area contributed by atoms with Gasteiger partial charge in [-0.25, -0.2) is 4.98 Å². The van der Waals surface area contributed by atoms with Gasteiger partial charge in [0, 0.05) is 20.3 Å². The lowest BCUT2D eigenvalue weighted by Gasteiger charge is -2.17. The molecule has 0 aliphatic rings. The Morgan fingerprint density at radius 2 is 2.31 bits per heavy atom. The molecule has 1 heterocycles. The maximum absolute atomic E-state index is 11.2. The smallest absolute Gasteiger partial charge is 0.239 e. The number of anilines is 1. The summed E-state index contributed by atoms with van der Waals surface area (Å²) in [7, 11) is 3.50. The quantitative estimate of drug-likeness (QED) is 0.813. The molecule has 0 aromatic carbocycles. The van der Waals surface area contributed by atoms with Crippen LogP contribution in [0.5, 0.6) is 0 Å².